The molecule has 0 radical (unpaired) electrons. The first-order chi connectivity index (χ1) is 3.80. The van der Waals surface area contributed by atoms with E-state index in [1.807, 2.05) is 6.08 Å². The average Bonchev–Trinajstić information content (AvgIpc) is 2.12. The zero-order valence-corrected chi connectivity index (χ0v) is 5.61. The van der Waals surface area contributed by atoms with E-state index in [9.17, 15) is 0 Å². The lowest BCUT2D eigenvalue weighted by Gasteiger charge is -2.11. The molecule has 0 fully saturated rings. The van der Waals surface area contributed by atoms with Gasteiger partial charge in [-0.15, -0.1) is 12.4 Å². The number of guanidine groups is 1. The maximum absolute atomic E-state index is 6.88. The molecule has 0 bridgehead atoms. The summed E-state index contributed by atoms with van der Waals surface area (Å²) in [5, 5.41) is 8.34. The molecule has 5 heteroatoms. The molecule has 1 aliphatic rings. The second-order valence-corrected chi connectivity index (χ2v) is 1.50. The molecule has 9 heavy (non-hydrogen) atoms. The molecular weight excluding hydrogens is 140 g/mol. The van der Waals surface area contributed by atoms with E-state index in [0.717, 1.165) is 6.54 Å². The van der Waals surface area contributed by atoms with E-state index in [2.05, 4.69) is 5.43 Å². The number of hydrogen-bond acceptors (Lipinski definition) is 2. The topological polar surface area (TPSA) is 65.1 Å². The number of nitrogens with zero attached hydrogens (tertiary/aromatic N) is 1. The number of hydrogen-bond donors (Lipinski definition) is 3. The summed E-state index contributed by atoms with van der Waals surface area (Å²) in [6.45, 7) is 0.763. The van der Waals surface area contributed by atoms with E-state index >= 15 is 0 Å². The molecule has 0 saturated carbocycles. The molecule has 0 amide bonds. The van der Waals surface area contributed by atoms with Crippen LogP contribution in [0.4, 0.5) is 0 Å². The Hall–Kier alpha value is -0.740. The van der Waals surface area contributed by atoms with E-state index in [0.29, 0.717) is 0 Å². The van der Waals surface area contributed by atoms with Gasteiger partial charge in [-0.25, -0.2) is 5.43 Å². The van der Waals surface area contributed by atoms with Crippen LogP contribution in [0.2, 0.25) is 0 Å². The Balaban J connectivity index is 0.000000640. The Labute approximate surface area is 59.6 Å². The summed E-state index contributed by atoms with van der Waals surface area (Å²) in [7, 11) is 0. The summed E-state index contributed by atoms with van der Waals surface area (Å²) in [5.41, 5.74) is 7.92. The van der Waals surface area contributed by atoms with Crippen molar-refractivity contribution >= 4 is 18.4 Å². The molecule has 4 N–H and O–H groups in total. The van der Waals surface area contributed by atoms with Gasteiger partial charge in [0, 0.05) is 12.7 Å². The number of nitrogens with one attached hydrogen (secondary N) is 2. The quantitative estimate of drug-likeness (QED) is 0.325. The van der Waals surface area contributed by atoms with Crippen molar-refractivity contribution in [1.82, 2.24) is 10.4 Å². The lowest BCUT2D eigenvalue weighted by atomic mass is 10.7. The third-order valence-electron chi connectivity index (χ3n) is 0.893. The van der Waals surface area contributed by atoms with Crippen molar-refractivity contribution in [2.45, 2.75) is 0 Å². The van der Waals surface area contributed by atoms with Gasteiger partial charge in [-0.05, 0) is 0 Å². The first-order valence-electron chi connectivity index (χ1n) is 2.34. The number of rotatable bonds is 0. The van der Waals surface area contributed by atoms with Crippen LogP contribution in [0.1, 0.15) is 0 Å². The van der Waals surface area contributed by atoms with Crippen molar-refractivity contribution in [2.75, 3.05) is 6.54 Å². The fourth-order valence-corrected chi connectivity index (χ4v) is 0.527. The molecule has 1 aliphatic heterocycles. The minimum atomic E-state index is 0. The number of nitrogens with two attached hydrogens (primary N) is 1. The maximum Gasteiger partial charge on any atom is 0.207 e. The van der Waals surface area contributed by atoms with Crippen molar-refractivity contribution in [3.8, 4) is 0 Å². The smallest absolute Gasteiger partial charge is 0.207 e. The maximum atomic E-state index is 6.88. The minimum absolute atomic E-state index is 0. The van der Waals surface area contributed by atoms with Crippen LogP contribution in [0, 0.1) is 5.41 Å². The monoisotopic (exact) mass is 148 g/mol. The Bertz CT molecular complexity index is 133. The summed E-state index contributed by atoms with van der Waals surface area (Å²) >= 11 is 0. The van der Waals surface area contributed by atoms with Gasteiger partial charge in [0.25, 0.3) is 0 Å². The fourth-order valence-electron chi connectivity index (χ4n) is 0.527. The molecule has 0 unspecified atom stereocenters. The fraction of sp³-hybridized carbons (Fsp3) is 0.250. The second kappa shape index (κ2) is 3.32. The zero-order chi connectivity index (χ0) is 5.98. The Morgan fingerprint density at radius 2 is 2.44 bits per heavy atom. The highest BCUT2D eigenvalue weighted by atomic mass is 35.5. The Morgan fingerprint density at radius 3 is 2.67 bits per heavy atom. The summed E-state index contributed by atoms with van der Waals surface area (Å²) < 4.78 is 0. The van der Waals surface area contributed by atoms with Gasteiger partial charge in [0.05, 0.1) is 0 Å². The van der Waals surface area contributed by atoms with Gasteiger partial charge in [-0.1, -0.05) is 6.08 Å². The highest BCUT2D eigenvalue weighted by Crippen LogP contribution is 1.88. The van der Waals surface area contributed by atoms with Crippen molar-refractivity contribution < 1.29 is 0 Å². The minimum Gasteiger partial charge on any atom is -0.369 e. The van der Waals surface area contributed by atoms with Crippen LogP contribution in [0.25, 0.3) is 0 Å². The highest BCUT2D eigenvalue weighted by Gasteiger charge is 2.03. The van der Waals surface area contributed by atoms with Crippen molar-refractivity contribution in [3.63, 3.8) is 0 Å². The van der Waals surface area contributed by atoms with Gasteiger partial charge < -0.3 is 5.73 Å². The first kappa shape index (κ1) is 8.26. The Morgan fingerprint density at radius 1 is 1.78 bits per heavy atom. The SMILES string of the molecule is Cl.N=C(N)N1C=CCN1. The predicted octanol–water partition coefficient (Wildman–Crippen LogP) is -0.364. The predicted molar refractivity (Wildman–Crippen MR) is 38.1 cm³/mol. The summed E-state index contributed by atoms with van der Waals surface area (Å²) in [6.07, 6.45) is 3.61. The molecule has 1 rings (SSSR count). The molecule has 4 nitrogen and oxygen atoms in total. The molecule has 0 aromatic heterocycles. The molecule has 1 heterocycles. The average molecular weight is 149 g/mol. The van der Waals surface area contributed by atoms with Crippen LogP contribution in [0.3, 0.4) is 0 Å². The largest absolute Gasteiger partial charge is 0.369 e. The molecule has 0 spiro atoms. The molecular formula is C4H9ClN4. The van der Waals surface area contributed by atoms with E-state index < -0.39 is 0 Å². The second-order valence-electron chi connectivity index (χ2n) is 1.50. The molecule has 0 saturated heterocycles. The van der Waals surface area contributed by atoms with Crippen LogP contribution in [0.5, 0.6) is 0 Å². The third kappa shape index (κ3) is 1.91. The molecule has 0 aromatic rings. The molecule has 0 aromatic carbocycles. The van der Waals surface area contributed by atoms with Gasteiger partial charge in [0.2, 0.25) is 5.96 Å². The van der Waals surface area contributed by atoms with Gasteiger partial charge in [0.15, 0.2) is 0 Å². The number of hydrazine groups is 1. The van der Waals surface area contributed by atoms with Gasteiger partial charge in [-0.3, -0.25) is 10.4 Å². The van der Waals surface area contributed by atoms with Crippen LogP contribution < -0.4 is 11.2 Å². The third-order valence-corrected chi connectivity index (χ3v) is 0.893. The van der Waals surface area contributed by atoms with Crippen LogP contribution in [0.15, 0.2) is 12.3 Å². The normalized spacial score (nSPS) is 15.3. The Kier molecular flexibility index (Phi) is 3.05. The lowest BCUT2D eigenvalue weighted by molar-refractivity contribution is 0.454. The van der Waals surface area contributed by atoms with Crippen molar-refractivity contribution in [2.24, 2.45) is 5.73 Å². The van der Waals surface area contributed by atoms with E-state index in [4.69, 9.17) is 11.1 Å². The van der Waals surface area contributed by atoms with Crippen molar-refractivity contribution in [3.05, 3.63) is 12.3 Å². The highest BCUT2D eigenvalue weighted by molar-refractivity contribution is 5.85. The summed E-state index contributed by atoms with van der Waals surface area (Å²) in [6, 6.07) is 0. The van der Waals surface area contributed by atoms with E-state index in [1.165, 1.54) is 5.01 Å². The van der Waals surface area contributed by atoms with Gasteiger partial charge >= 0.3 is 0 Å². The van der Waals surface area contributed by atoms with Crippen LogP contribution in [-0.4, -0.2) is 17.5 Å². The number of halogens is 1. The molecule has 0 atom stereocenters. The van der Waals surface area contributed by atoms with Crippen LogP contribution >= 0.6 is 12.4 Å². The first-order valence-corrected chi connectivity index (χ1v) is 2.34. The van der Waals surface area contributed by atoms with Crippen LogP contribution in [-0.2, 0) is 0 Å². The molecule has 0 aliphatic carbocycles. The van der Waals surface area contributed by atoms with Gasteiger partial charge in [0.1, 0.15) is 0 Å². The molecule has 52 valence electrons. The zero-order valence-electron chi connectivity index (χ0n) is 4.79. The van der Waals surface area contributed by atoms with Crippen molar-refractivity contribution in [1.29, 1.82) is 5.41 Å². The standard InChI is InChI=1S/C4H8N4.ClH/c5-4(6)8-3-1-2-7-8;/h1,3,7H,2H2,(H3,5,6);1H. The van der Waals surface area contributed by atoms with E-state index in [1.54, 1.807) is 6.20 Å². The lowest BCUT2D eigenvalue weighted by Crippen LogP contribution is -2.39. The summed E-state index contributed by atoms with van der Waals surface area (Å²) in [5.74, 6) is 0.0266. The van der Waals surface area contributed by atoms with E-state index in [-0.39, 0.29) is 18.4 Å². The van der Waals surface area contributed by atoms with Gasteiger partial charge in [-0.2, -0.15) is 0 Å². The summed E-state index contributed by atoms with van der Waals surface area (Å²) in [4.78, 5) is 0.